The predicted molar refractivity (Wildman–Crippen MR) is 43.5 cm³/mol. The third-order valence-corrected chi connectivity index (χ3v) is 1.39. The molecule has 0 heterocycles. The first-order chi connectivity index (χ1) is 4.85. The molecular formula is C9H15N. The zero-order valence-electron chi connectivity index (χ0n) is 6.85. The second-order valence-electron chi connectivity index (χ2n) is 2.35. The average molecular weight is 137 g/mol. The van der Waals surface area contributed by atoms with E-state index in [-0.39, 0.29) is 0 Å². The molecule has 56 valence electrons. The van der Waals surface area contributed by atoms with Gasteiger partial charge >= 0.3 is 0 Å². The maximum Gasteiger partial charge on any atom is 0.0943 e. The molecule has 0 N–H and O–H groups in total. The lowest BCUT2D eigenvalue weighted by atomic mass is 10.1. The highest BCUT2D eigenvalue weighted by atomic mass is 14.2. The average Bonchev–Trinajstić information content (AvgIpc) is 1.98. The fourth-order valence-corrected chi connectivity index (χ4v) is 0.817. The maximum atomic E-state index is 8.57. The molecule has 0 saturated carbocycles. The van der Waals surface area contributed by atoms with E-state index in [1.807, 2.05) is 6.08 Å². The largest absolute Gasteiger partial charge is 0.193 e. The Hall–Kier alpha value is -0.770. The topological polar surface area (TPSA) is 23.8 Å². The van der Waals surface area contributed by atoms with E-state index >= 15 is 0 Å². The zero-order valence-corrected chi connectivity index (χ0v) is 6.85. The number of hydrogen-bond acceptors (Lipinski definition) is 1. The van der Waals surface area contributed by atoms with Gasteiger partial charge in [-0.25, -0.2) is 0 Å². The number of allylic oxidation sites excluding steroid dienone is 2. The molecule has 0 amide bonds. The van der Waals surface area contributed by atoms with Crippen LogP contribution in [0.25, 0.3) is 0 Å². The minimum atomic E-state index is 0.948. The van der Waals surface area contributed by atoms with Gasteiger partial charge in [0.25, 0.3) is 0 Å². The summed E-state index contributed by atoms with van der Waals surface area (Å²) < 4.78 is 0. The van der Waals surface area contributed by atoms with Crippen molar-refractivity contribution >= 4 is 0 Å². The first kappa shape index (κ1) is 9.23. The highest BCUT2D eigenvalue weighted by Crippen LogP contribution is 2.06. The second-order valence-corrected chi connectivity index (χ2v) is 2.35. The van der Waals surface area contributed by atoms with Crippen molar-refractivity contribution in [2.75, 3.05) is 0 Å². The molecule has 0 spiro atoms. The lowest BCUT2D eigenvalue weighted by Gasteiger charge is -1.93. The second kappa shape index (κ2) is 6.35. The van der Waals surface area contributed by atoms with Crippen molar-refractivity contribution in [1.82, 2.24) is 0 Å². The van der Waals surface area contributed by atoms with Gasteiger partial charge in [-0.05, 0) is 19.3 Å². The van der Waals surface area contributed by atoms with Crippen molar-refractivity contribution in [3.63, 3.8) is 0 Å². The monoisotopic (exact) mass is 137 g/mol. The Morgan fingerprint density at radius 2 is 2.20 bits per heavy atom. The molecular weight excluding hydrogens is 122 g/mol. The molecule has 0 aliphatic rings. The number of rotatable bonds is 4. The smallest absolute Gasteiger partial charge is 0.0943 e. The molecule has 0 fully saturated rings. The van der Waals surface area contributed by atoms with E-state index in [4.69, 9.17) is 5.26 Å². The fraction of sp³-hybridized carbons (Fsp3) is 0.667. The van der Waals surface area contributed by atoms with Gasteiger partial charge in [0.2, 0.25) is 0 Å². The molecule has 0 aromatic heterocycles. The summed E-state index contributed by atoms with van der Waals surface area (Å²) in [6.45, 7) is 4.20. The minimum absolute atomic E-state index is 0.948. The van der Waals surface area contributed by atoms with E-state index in [9.17, 15) is 0 Å². The molecule has 0 saturated heterocycles. The Bertz CT molecular complexity index is 139. The van der Waals surface area contributed by atoms with Gasteiger partial charge in [0.05, 0.1) is 6.07 Å². The molecule has 0 unspecified atom stereocenters. The Kier molecular flexibility index (Phi) is 5.86. The molecule has 0 bridgehead atoms. The van der Waals surface area contributed by atoms with E-state index in [2.05, 4.69) is 19.9 Å². The summed E-state index contributed by atoms with van der Waals surface area (Å²) in [6, 6.07) is 2.20. The van der Waals surface area contributed by atoms with Gasteiger partial charge in [0, 0.05) is 5.57 Å². The summed E-state index contributed by atoms with van der Waals surface area (Å²) in [5.41, 5.74) is 0.948. The zero-order chi connectivity index (χ0) is 7.82. The molecule has 0 aromatic rings. The molecule has 0 atom stereocenters. The summed E-state index contributed by atoms with van der Waals surface area (Å²) in [5.74, 6) is 0. The Morgan fingerprint density at radius 1 is 1.50 bits per heavy atom. The van der Waals surface area contributed by atoms with Gasteiger partial charge in [-0.1, -0.05) is 26.3 Å². The van der Waals surface area contributed by atoms with Gasteiger partial charge < -0.3 is 0 Å². The van der Waals surface area contributed by atoms with Crippen molar-refractivity contribution in [3.8, 4) is 6.07 Å². The molecule has 0 aliphatic heterocycles. The third kappa shape index (κ3) is 4.14. The number of hydrogen-bond donors (Lipinski definition) is 0. The van der Waals surface area contributed by atoms with Gasteiger partial charge in [0.1, 0.15) is 0 Å². The Morgan fingerprint density at radius 3 is 2.60 bits per heavy atom. The normalized spacial score (nSPS) is 11.1. The Balaban J connectivity index is 3.64. The van der Waals surface area contributed by atoms with E-state index in [1.54, 1.807) is 0 Å². The van der Waals surface area contributed by atoms with Gasteiger partial charge in [-0.2, -0.15) is 5.26 Å². The summed E-state index contributed by atoms with van der Waals surface area (Å²) in [6.07, 6.45) is 6.26. The van der Waals surface area contributed by atoms with E-state index in [0.29, 0.717) is 0 Å². The first-order valence-electron chi connectivity index (χ1n) is 3.94. The SMILES string of the molecule is CC/C=C(\C#N)CCCC. The summed E-state index contributed by atoms with van der Waals surface area (Å²) in [7, 11) is 0. The standard InChI is InChI=1S/C9H15N/c1-3-5-7-9(8-10)6-4-2/h6H,3-5,7H2,1-2H3/b9-6-. The highest BCUT2D eigenvalue weighted by molar-refractivity contribution is 5.19. The minimum Gasteiger partial charge on any atom is -0.193 e. The molecule has 1 heteroatoms. The third-order valence-electron chi connectivity index (χ3n) is 1.39. The van der Waals surface area contributed by atoms with Gasteiger partial charge in [-0.3, -0.25) is 0 Å². The highest BCUT2D eigenvalue weighted by Gasteiger charge is 1.91. The maximum absolute atomic E-state index is 8.57. The number of unbranched alkanes of at least 4 members (excludes halogenated alkanes) is 1. The van der Waals surface area contributed by atoms with Gasteiger partial charge in [0.15, 0.2) is 0 Å². The fourth-order valence-electron chi connectivity index (χ4n) is 0.817. The van der Waals surface area contributed by atoms with Crippen molar-refractivity contribution in [2.45, 2.75) is 39.5 Å². The van der Waals surface area contributed by atoms with E-state index < -0.39 is 0 Å². The van der Waals surface area contributed by atoms with E-state index in [0.717, 1.165) is 24.8 Å². The molecule has 0 aliphatic carbocycles. The lowest BCUT2D eigenvalue weighted by Crippen LogP contribution is -1.78. The van der Waals surface area contributed by atoms with Crippen LogP contribution in [0.3, 0.4) is 0 Å². The van der Waals surface area contributed by atoms with Crippen LogP contribution in [0.5, 0.6) is 0 Å². The van der Waals surface area contributed by atoms with Crippen LogP contribution in [0.15, 0.2) is 11.6 Å². The molecule has 0 rings (SSSR count). The lowest BCUT2D eigenvalue weighted by molar-refractivity contribution is 0.797. The summed E-state index contributed by atoms with van der Waals surface area (Å²) in [5, 5.41) is 8.57. The van der Waals surface area contributed by atoms with Crippen LogP contribution in [0.2, 0.25) is 0 Å². The Labute approximate surface area is 63.4 Å². The van der Waals surface area contributed by atoms with Crippen LogP contribution in [-0.2, 0) is 0 Å². The quantitative estimate of drug-likeness (QED) is 0.546. The van der Waals surface area contributed by atoms with E-state index in [1.165, 1.54) is 6.42 Å². The molecule has 10 heavy (non-hydrogen) atoms. The van der Waals surface area contributed by atoms with Crippen molar-refractivity contribution < 1.29 is 0 Å². The van der Waals surface area contributed by atoms with Crippen LogP contribution in [0.1, 0.15) is 39.5 Å². The summed E-state index contributed by atoms with van der Waals surface area (Å²) >= 11 is 0. The number of nitrogens with zero attached hydrogens (tertiary/aromatic N) is 1. The molecule has 1 nitrogen and oxygen atoms in total. The molecule has 0 radical (unpaired) electrons. The van der Waals surface area contributed by atoms with Crippen molar-refractivity contribution in [2.24, 2.45) is 0 Å². The molecule has 0 aromatic carbocycles. The van der Waals surface area contributed by atoms with Crippen LogP contribution < -0.4 is 0 Å². The van der Waals surface area contributed by atoms with Crippen molar-refractivity contribution in [3.05, 3.63) is 11.6 Å². The van der Waals surface area contributed by atoms with Crippen LogP contribution in [-0.4, -0.2) is 0 Å². The van der Waals surface area contributed by atoms with Crippen LogP contribution >= 0.6 is 0 Å². The predicted octanol–water partition coefficient (Wildman–Crippen LogP) is 3.04. The summed E-state index contributed by atoms with van der Waals surface area (Å²) in [4.78, 5) is 0. The van der Waals surface area contributed by atoms with Crippen LogP contribution in [0.4, 0.5) is 0 Å². The first-order valence-corrected chi connectivity index (χ1v) is 3.94. The number of nitriles is 1. The van der Waals surface area contributed by atoms with Crippen molar-refractivity contribution in [1.29, 1.82) is 5.26 Å². The van der Waals surface area contributed by atoms with Crippen LogP contribution in [0, 0.1) is 11.3 Å². The van der Waals surface area contributed by atoms with Gasteiger partial charge in [-0.15, -0.1) is 0 Å².